The Morgan fingerprint density at radius 1 is 0.891 bits per heavy atom. The maximum absolute atomic E-state index is 14.4. The van der Waals surface area contributed by atoms with Crippen LogP contribution in [0.1, 0.15) is 37.7 Å². The van der Waals surface area contributed by atoms with E-state index in [1.54, 1.807) is 42.0 Å². The highest BCUT2D eigenvalue weighted by Crippen LogP contribution is 2.43. The van der Waals surface area contributed by atoms with E-state index in [1.807, 2.05) is 54.6 Å². The highest BCUT2D eigenvalue weighted by molar-refractivity contribution is 8.00. The number of nitrogens with one attached hydrogen (secondary N) is 1. The molecule has 232 valence electrons. The summed E-state index contributed by atoms with van der Waals surface area (Å²) in [5.41, 5.74) is 6.05. The Bertz CT molecular complexity index is 1940. The molecule has 0 spiro atoms. The van der Waals surface area contributed by atoms with Crippen LogP contribution >= 0.6 is 23.3 Å². The van der Waals surface area contributed by atoms with Crippen molar-refractivity contribution in [3.05, 3.63) is 119 Å². The van der Waals surface area contributed by atoms with Crippen molar-refractivity contribution >= 4 is 63.7 Å². The number of hydrogen-bond donors (Lipinski definition) is 1. The quantitative estimate of drug-likeness (QED) is 0.193. The van der Waals surface area contributed by atoms with Crippen LogP contribution in [0.2, 0.25) is 0 Å². The topological polar surface area (TPSA) is 68.8 Å². The molecule has 0 atom stereocenters. The summed E-state index contributed by atoms with van der Waals surface area (Å²) < 4.78 is 16.7. The molecule has 3 aromatic carbocycles. The number of rotatable bonds is 5. The van der Waals surface area contributed by atoms with E-state index >= 15 is 0 Å². The molecule has 46 heavy (non-hydrogen) atoms. The predicted octanol–water partition coefficient (Wildman–Crippen LogP) is 8.34. The van der Waals surface area contributed by atoms with Gasteiger partial charge in [-0.25, -0.2) is 9.37 Å². The van der Waals surface area contributed by atoms with Crippen molar-refractivity contribution < 1.29 is 14.0 Å². The third-order valence-electron chi connectivity index (χ3n) is 8.42. The minimum Gasteiger partial charge on any atom is -0.324 e. The van der Waals surface area contributed by atoms with Crippen LogP contribution in [0.4, 0.5) is 33.0 Å². The number of para-hydroxylation sites is 4. The second-order valence-electron chi connectivity index (χ2n) is 11.2. The third kappa shape index (κ3) is 5.52. The number of hydrogen-bond acceptors (Lipinski definition) is 7. The van der Waals surface area contributed by atoms with Gasteiger partial charge in [-0.05, 0) is 73.4 Å². The lowest BCUT2D eigenvalue weighted by Crippen LogP contribution is -2.33. The van der Waals surface area contributed by atoms with Crippen LogP contribution in [0.15, 0.2) is 91.0 Å². The smallest absolute Gasteiger partial charge is 0.276 e. The van der Waals surface area contributed by atoms with Crippen molar-refractivity contribution in [1.82, 2.24) is 4.98 Å². The van der Waals surface area contributed by atoms with Crippen LogP contribution in [0, 0.1) is 12.7 Å². The van der Waals surface area contributed by atoms with Gasteiger partial charge in [0, 0.05) is 36.3 Å². The lowest BCUT2D eigenvalue weighted by Gasteiger charge is -2.26. The molecule has 2 aliphatic rings. The minimum absolute atomic E-state index is 0.175. The van der Waals surface area contributed by atoms with Crippen LogP contribution in [0.3, 0.4) is 0 Å². The first-order valence-electron chi connectivity index (χ1n) is 15.2. The molecule has 2 aromatic heterocycles. The van der Waals surface area contributed by atoms with Gasteiger partial charge in [0.15, 0.2) is 0 Å². The van der Waals surface area contributed by atoms with Gasteiger partial charge < -0.3 is 19.4 Å². The van der Waals surface area contributed by atoms with Crippen molar-refractivity contribution in [3.63, 3.8) is 0 Å². The number of aryl methyl sites for hydroxylation is 1. The molecule has 2 amide bonds. The van der Waals surface area contributed by atoms with Crippen molar-refractivity contribution in [3.8, 4) is 10.4 Å². The molecular formula is C36H32FN5O2S2. The molecule has 0 unspecified atom stereocenters. The van der Waals surface area contributed by atoms with E-state index in [2.05, 4.69) is 32.9 Å². The zero-order valence-electron chi connectivity index (χ0n) is 25.5. The second-order valence-corrected chi connectivity index (χ2v) is 13.1. The monoisotopic (exact) mass is 649 g/mol. The summed E-state index contributed by atoms with van der Waals surface area (Å²) in [6.45, 7) is 3.90. The number of fused-ring (bicyclic) bond motifs is 4. The van der Waals surface area contributed by atoms with Crippen LogP contribution in [0.25, 0.3) is 10.4 Å². The number of amides is 2. The van der Waals surface area contributed by atoms with Crippen LogP contribution < -0.4 is 19.4 Å². The van der Waals surface area contributed by atoms with E-state index in [0.29, 0.717) is 29.1 Å². The average molecular weight is 650 g/mol. The number of thiophene rings is 1. The van der Waals surface area contributed by atoms with Crippen molar-refractivity contribution in [2.75, 3.05) is 45.3 Å². The fraction of sp³-hybridized carbons (Fsp3) is 0.194. The Morgan fingerprint density at radius 2 is 1.65 bits per heavy atom. The number of benzene rings is 3. The van der Waals surface area contributed by atoms with Crippen LogP contribution in [-0.2, 0) is 6.42 Å². The third-order valence-corrected chi connectivity index (χ3v) is 10.4. The molecule has 2 aliphatic heterocycles. The van der Waals surface area contributed by atoms with E-state index in [4.69, 9.17) is 4.98 Å². The standard InChI is InChI=1S/C36H32FN5O2S2/c1-23-10-7-12-26(37)33(23)39-35(43)31-22-24-18-21-41(28-14-4-3-11-25(28)34(24)46-31)36(44)27-13-8-17-32(38-27)40-19-9-20-42(45-2)30-16-6-5-15-29(30)40/h3-8,10-17,22H,9,18-21H2,1-2H3,(H,39,43). The summed E-state index contributed by atoms with van der Waals surface area (Å²) in [5.74, 6) is -0.255. The Kier molecular flexibility index (Phi) is 8.23. The Morgan fingerprint density at radius 3 is 2.46 bits per heavy atom. The number of anilines is 5. The summed E-state index contributed by atoms with van der Waals surface area (Å²) in [5, 5.41) is 2.76. The predicted molar refractivity (Wildman–Crippen MR) is 187 cm³/mol. The largest absolute Gasteiger partial charge is 0.324 e. The Labute approximate surface area is 275 Å². The normalized spacial score (nSPS) is 14.1. The fourth-order valence-corrected chi connectivity index (χ4v) is 7.96. The Balaban J connectivity index is 1.19. The van der Waals surface area contributed by atoms with E-state index in [0.717, 1.165) is 58.4 Å². The van der Waals surface area contributed by atoms with Gasteiger partial charge in [0.1, 0.15) is 17.3 Å². The summed E-state index contributed by atoms with van der Waals surface area (Å²) in [6.07, 6.45) is 3.60. The zero-order valence-corrected chi connectivity index (χ0v) is 27.1. The van der Waals surface area contributed by atoms with Gasteiger partial charge in [-0.15, -0.1) is 11.3 Å². The molecule has 1 N–H and O–H groups in total. The maximum Gasteiger partial charge on any atom is 0.276 e. The van der Waals surface area contributed by atoms with Gasteiger partial charge in [-0.2, -0.15) is 0 Å². The first-order valence-corrected chi connectivity index (χ1v) is 17.2. The van der Waals surface area contributed by atoms with Crippen LogP contribution in [0.5, 0.6) is 0 Å². The first-order chi connectivity index (χ1) is 22.4. The molecule has 10 heteroatoms. The number of nitrogens with zero attached hydrogens (tertiary/aromatic N) is 4. The molecule has 0 saturated heterocycles. The van der Waals surface area contributed by atoms with Gasteiger partial charge in [0.05, 0.1) is 27.6 Å². The molecule has 0 bridgehead atoms. The fourth-order valence-electron chi connectivity index (χ4n) is 6.16. The lowest BCUT2D eigenvalue weighted by atomic mass is 10.1. The van der Waals surface area contributed by atoms with E-state index in [1.165, 1.54) is 17.4 Å². The highest BCUT2D eigenvalue weighted by atomic mass is 32.2. The molecular weight excluding hydrogens is 618 g/mol. The molecule has 7 nitrogen and oxygen atoms in total. The van der Waals surface area contributed by atoms with Crippen molar-refractivity contribution in [1.29, 1.82) is 0 Å². The van der Waals surface area contributed by atoms with Crippen LogP contribution in [-0.4, -0.2) is 42.7 Å². The second kappa shape index (κ2) is 12.6. The molecule has 4 heterocycles. The minimum atomic E-state index is -0.467. The van der Waals surface area contributed by atoms with Gasteiger partial charge in [0.2, 0.25) is 0 Å². The van der Waals surface area contributed by atoms with Gasteiger partial charge >= 0.3 is 0 Å². The summed E-state index contributed by atoms with van der Waals surface area (Å²) >= 11 is 3.07. The molecule has 5 aromatic rings. The molecule has 0 fully saturated rings. The van der Waals surface area contributed by atoms with Crippen molar-refractivity contribution in [2.45, 2.75) is 19.8 Å². The lowest BCUT2D eigenvalue weighted by molar-refractivity contribution is 0.0981. The number of halogens is 1. The first kappa shape index (κ1) is 30.0. The SMILES string of the molecule is CSN1CCCN(c2cccc(C(=O)N3CCc4cc(C(=O)Nc5c(C)cccc5F)sc4-c4ccccc43)n2)c2ccccc21. The number of aromatic nitrogens is 1. The zero-order chi connectivity index (χ0) is 31.8. The summed E-state index contributed by atoms with van der Waals surface area (Å²) in [6, 6.07) is 28.3. The van der Waals surface area contributed by atoms with E-state index in [9.17, 15) is 14.0 Å². The van der Waals surface area contributed by atoms with Gasteiger partial charge in [0.25, 0.3) is 11.8 Å². The average Bonchev–Trinajstić information content (AvgIpc) is 3.33. The Hall–Kier alpha value is -4.67. The van der Waals surface area contributed by atoms with E-state index in [-0.39, 0.29) is 17.5 Å². The van der Waals surface area contributed by atoms with Gasteiger partial charge in [-0.3, -0.25) is 9.59 Å². The summed E-state index contributed by atoms with van der Waals surface area (Å²) in [7, 11) is 0. The number of carbonyl (C=O) groups excluding carboxylic acids is 2. The number of pyridine rings is 1. The van der Waals surface area contributed by atoms with E-state index < -0.39 is 5.82 Å². The number of carbonyl (C=O) groups is 2. The molecule has 0 saturated carbocycles. The molecule has 0 aliphatic carbocycles. The summed E-state index contributed by atoms with van der Waals surface area (Å²) in [4.78, 5) is 37.8. The molecule has 0 radical (unpaired) electrons. The maximum atomic E-state index is 14.4. The van der Waals surface area contributed by atoms with Crippen molar-refractivity contribution in [2.24, 2.45) is 0 Å². The molecule has 7 rings (SSSR count). The van der Waals surface area contributed by atoms with Gasteiger partial charge in [-0.1, -0.05) is 60.5 Å². The highest BCUT2D eigenvalue weighted by Gasteiger charge is 2.29.